The number of nitrogens with one attached hydrogen (secondary N) is 1. The number of benzene rings is 1. The van der Waals surface area contributed by atoms with Crippen molar-refractivity contribution in [2.24, 2.45) is 0 Å². The zero-order valence-electron chi connectivity index (χ0n) is 24.4. The predicted octanol–water partition coefficient (Wildman–Crippen LogP) is 7.92. The Bertz CT molecular complexity index is 831. The number of rotatable bonds is 21. The summed E-state index contributed by atoms with van der Waals surface area (Å²) in [4.78, 5) is 36.1. The molecule has 0 unspecified atom stereocenters. The van der Waals surface area contributed by atoms with Gasteiger partial charge in [0.2, 0.25) is 11.2 Å². The average Bonchev–Trinajstić information content (AvgIpc) is 2.86. The maximum Gasteiger partial charge on any atom is 0.351 e. The molecule has 2 N–H and O–H groups in total. The van der Waals surface area contributed by atoms with Crippen molar-refractivity contribution in [3.8, 4) is 0 Å². The number of esters is 2. The highest BCUT2D eigenvalue weighted by molar-refractivity contribution is 5.93. The van der Waals surface area contributed by atoms with Crippen LogP contribution in [-0.2, 0) is 19.1 Å². The van der Waals surface area contributed by atoms with E-state index in [1.54, 1.807) is 24.3 Å². The topological polar surface area (TPSA) is 102 Å². The highest BCUT2D eigenvalue weighted by Gasteiger charge is 2.40. The van der Waals surface area contributed by atoms with Crippen LogP contribution in [0.1, 0.15) is 135 Å². The van der Waals surface area contributed by atoms with E-state index in [2.05, 4.69) is 12.2 Å². The summed E-state index contributed by atoms with van der Waals surface area (Å²) < 4.78 is 10.3. The van der Waals surface area contributed by atoms with Gasteiger partial charge in [-0.15, -0.1) is 0 Å². The summed E-state index contributed by atoms with van der Waals surface area (Å²) in [5.74, 6) is -2.89. The first-order chi connectivity index (χ1) is 18.0. The highest BCUT2D eigenvalue weighted by atomic mass is 16.6. The van der Waals surface area contributed by atoms with Crippen molar-refractivity contribution < 1.29 is 29.0 Å². The van der Waals surface area contributed by atoms with Gasteiger partial charge in [-0.3, -0.25) is 0 Å². The molecule has 7 nitrogen and oxygen atoms in total. The molecule has 38 heavy (non-hydrogen) atoms. The second kappa shape index (κ2) is 17.8. The summed E-state index contributed by atoms with van der Waals surface area (Å²) >= 11 is 0. The normalized spacial score (nSPS) is 11.7. The van der Waals surface area contributed by atoms with Crippen molar-refractivity contribution in [3.63, 3.8) is 0 Å². The quantitative estimate of drug-likeness (QED) is 0.122. The highest BCUT2D eigenvalue weighted by Crippen LogP contribution is 2.21. The van der Waals surface area contributed by atoms with Crippen molar-refractivity contribution >= 4 is 23.6 Å². The first kappa shape index (κ1) is 33.5. The van der Waals surface area contributed by atoms with E-state index in [-0.39, 0.29) is 0 Å². The van der Waals surface area contributed by atoms with Crippen LogP contribution in [0.4, 0.5) is 5.69 Å². The number of anilines is 1. The second-order valence-electron chi connectivity index (χ2n) is 11.2. The number of carbonyl (C=O) groups excluding carboxylic acids is 2. The van der Waals surface area contributed by atoms with Gasteiger partial charge in [-0.2, -0.15) is 0 Å². The van der Waals surface area contributed by atoms with Crippen molar-refractivity contribution in [2.45, 2.75) is 136 Å². The van der Waals surface area contributed by atoms with Gasteiger partial charge in [-0.05, 0) is 58.4 Å². The molecule has 0 bridgehead atoms. The molecular weight excluding hydrogens is 482 g/mol. The molecule has 0 saturated heterocycles. The number of carbonyl (C=O) groups is 3. The molecule has 7 heteroatoms. The van der Waals surface area contributed by atoms with Crippen LogP contribution in [0.25, 0.3) is 0 Å². The fourth-order valence-electron chi connectivity index (χ4n) is 4.01. The van der Waals surface area contributed by atoms with Gasteiger partial charge in [-0.25, -0.2) is 14.4 Å². The first-order valence-electron chi connectivity index (χ1n) is 14.5. The molecule has 0 saturated carbocycles. The molecule has 0 radical (unpaired) electrons. The van der Waals surface area contributed by atoms with E-state index in [9.17, 15) is 14.4 Å². The van der Waals surface area contributed by atoms with Crippen LogP contribution in [0.3, 0.4) is 0 Å². The summed E-state index contributed by atoms with van der Waals surface area (Å²) in [5.41, 5.74) is -2.14. The van der Waals surface area contributed by atoms with E-state index >= 15 is 0 Å². The first-order valence-corrected chi connectivity index (χ1v) is 14.5. The summed E-state index contributed by atoms with van der Waals surface area (Å²) in [6, 6.07) is 6.88. The Kier molecular flexibility index (Phi) is 15.7. The lowest BCUT2D eigenvalue weighted by molar-refractivity contribution is -0.186. The lowest BCUT2D eigenvalue weighted by Crippen LogP contribution is -2.46. The molecule has 0 atom stereocenters. The van der Waals surface area contributed by atoms with Crippen LogP contribution in [0.15, 0.2) is 24.3 Å². The molecule has 0 amide bonds. The number of hydrogen-bond donors (Lipinski definition) is 2. The van der Waals surface area contributed by atoms with Crippen molar-refractivity contribution in [3.05, 3.63) is 29.8 Å². The standard InChI is InChI=1S/C31H51NO6/c1-6-7-8-9-10-11-12-13-14-15-16-17-18-19-24-32-26-22-20-25(21-23-26)27(33)37-31(4,5)29(36)38-30(2,3)28(34)35/h20-23,32H,6-19,24H2,1-5H3,(H,34,35). The Morgan fingerprint density at radius 1 is 0.684 bits per heavy atom. The zero-order valence-corrected chi connectivity index (χ0v) is 24.4. The van der Waals surface area contributed by atoms with Gasteiger partial charge in [-0.1, -0.05) is 90.4 Å². The smallest absolute Gasteiger partial charge is 0.351 e. The van der Waals surface area contributed by atoms with Crippen molar-refractivity contribution in [1.82, 2.24) is 0 Å². The van der Waals surface area contributed by atoms with Gasteiger partial charge in [0.05, 0.1) is 5.56 Å². The molecule has 1 rings (SSSR count). The van der Waals surface area contributed by atoms with Gasteiger partial charge in [0, 0.05) is 12.2 Å². The van der Waals surface area contributed by atoms with E-state index in [0.29, 0.717) is 5.56 Å². The average molecular weight is 534 g/mol. The summed E-state index contributed by atoms with van der Waals surface area (Å²) in [6.07, 6.45) is 18.7. The van der Waals surface area contributed by atoms with Crippen LogP contribution in [0.5, 0.6) is 0 Å². The monoisotopic (exact) mass is 533 g/mol. The molecule has 0 aliphatic heterocycles. The van der Waals surface area contributed by atoms with Gasteiger partial charge < -0.3 is 19.9 Å². The predicted molar refractivity (Wildman–Crippen MR) is 153 cm³/mol. The van der Waals surface area contributed by atoms with Crippen LogP contribution in [0, 0.1) is 0 Å². The van der Waals surface area contributed by atoms with Crippen molar-refractivity contribution in [1.29, 1.82) is 0 Å². The lowest BCUT2D eigenvalue weighted by atomic mass is 10.0. The maximum atomic E-state index is 12.5. The Balaban J connectivity index is 2.20. The number of unbranched alkanes of at least 4 members (excludes halogenated alkanes) is 13. The molecule has 1 aromatic rings. The van der Waals surface area contributed by atoms with Crippen molar-refractivity contribution in [2.75, 3.05) is 11.9 Å². The number of carboxylic acids is 1. The minimum absolute atomic E-state index is 0.297. The molecule has 0 aliphatic rings. The van der Waals surface area contributed by atoms with Gasteiger partial charge >= 0.3 is 17.9 Å². The van der Waals surface area contributed by atoms with E-state index in [4.69, 9.17) is 14.6 Å². The number of carboxylic acid groups (broad SMARTS) is 1. The molecule has 0 aliphatic carbocycles. The molecule has 0 spiro atoms. The number of hydrogen-bond acceptors (Lipinski definition) is 6. The van der Waals surface area contributed by atoms with E-state index in [1.807, 2.05) is 0 Å². The number of ether oxygens (including phenoxy) is 2. The Morgan fingerprint density at radius 3 is 1.58 bits per heavy atom. The number of aliphatic carboxylic acids is 1. The lowest BCUT2D eigenvalue weighted by Gasteiger charge is -2.28. The molecular formula is C31H51NO6. The van der Waals surface area contributed by atoms with E-state index in [1.165, 1.54) is 111 Å². The van der Waals surface area contributed by atoms with Gasteiger partial charge in [0.1, 0.15) is 0 Å². The third kappa shape index (κ3) is 13.8. The summed E-state index contributed by atoms with van der Waals surface area (Å²) in [5, 5.41) is 12.5. The largest absolute Gasteiger partial charge is 0.478 e. The Hall–Kier alpha value is -2.57. The van der Waals surface area contributed by atoms with Crippen LogP contribution in [0.2, 0.25) is 0 Å². The van der Waals surface area contributed by atoms with Gasteiger partial charge in [0.25, 0.3) is 0 Å². The fraction of sp³-hybridized carbons (Fsp3) is 0.710. The molecule has 0 fully saturated rings. The Labute approximate surface area is 230 Å². The van der Waals surface area contributed by atoms with Gasteiger partial charge in [0.15, 0.2) is 0 Å². The minimum atomic E-state index is -1.72. The molecule has 0 heterocycles. The minimum Gasteiger partial charge on any atom is -0.478 e. The molecule has 0 aromatic heterocycles. The van der Waals surface area contributed by atoms with Crippen LogP contribution >= 0.6 is 0 Å². The Morgan fingerprint density at radius 2 is 1.13 bits per heavy atom. The van der Waals surface area contributed by atoms with E-state index in [0.717, 1.165) is 18.7 Å². The summed E-state index contributed by atoms with van der Waals surface area (Å²) in [6.45, 7) is 8.40. The maximum absolute atomic E-state index is 12.5. The zero-order chi connectivity index (χ0) is 28.4. The third-order valence-electron chi connectivity index (χ3n) is 6.68. The molecule has 216 valence electrons. The van der Waals surface area contributed by atoms with Crippen LogP contribution < -0.4 is 5.32 Å². The van der Waals surface area contributed by atoms with Crippen LogP contribution in [-0.4, -0.2) is 40.8 Å². The second-order valence-corrected chi connectivity index (χ2v) is 11.2. The molecule has 1 aromatic carbocycles. The third-order valence-corrected chi connectivity index (χ3v) is 6.68. The SMILES string of the molecule is CCCCCCCCCCCCCCCCNc1ccc(C(=O)OC(C)(C)C(=O)OC(C)(C)C(=O)O)cc1. The van der Waals surface area contributed by atoms with E-state index < -0.39 is 29.1 Å². The summed E-state index contributed by atoms with van der Waals surface area (Å²) in [7, 11) is 0. The fourth-order valence-corrected chi connectivity index (χ4v) is 4.01.